The third-order valence-corrected chi connectivity index (χ3v) is 13.4. The number of carbonyl (C=O) groups excluding carboxylic acids is 3. The fourth-order valence-electron chi connectivity index (χ4n) is 8.81. The van der Waals surface area contributed by atoms with Crippen molar-refractivity contribution in [2.45, 2.75) is 316 Å². The molecular formula is C66H116O6. The average Bonchev–Trinajstić information content (AvgIpc) is 3.38. The summed E-state index contributed by atoms with van der Waals surface area (Å²) in [4.78, 5) is 38.1. The van der Waals surface area contributed by atoms with Gasteiger partial charge in [-0.3, -0.25) is 14.4 Å². The first kappa shape index (κ1) is 68.8. The summed E-state index contributed by atoms with van der Waals surface area (Å²) in [6.45, 7) is 6.50. The zero-order valence-electron chi connectivity index (χ0n) is 47.7. The van der Waals surface area contributed by atoms with E-state index in [4.69, 9.17) is 14.2 Å². The summed E-state index contributed by atoms with van der Waals surface area (Å²) >= 11 is 0. The van der Waals surface area contributed by atoms with Gasteiger partial charge in [-0.05, 0) is 83.5 Å². The van der Waals surface area contributed by atoms with Gasteiger partial charge in [0.2, 0.25) is 0 Å². The van der Waals surface area contributed by atoms with Gasteiger partial charge in [-0.1, -0.05) is 280 Å². The predicted octanol–water partition coefficient (Wildman–Crippen LogP) is 20.9. The smallest absolute Gasteiger partial charge is 0.306 e. The molecule has 0 saturated heterocycles. The van der Waals surface area contributed by atoms with Crippen LogP contribution in [-0.4, -0.2) is 37.2 Å². The van der Waals surface area contributed by atoms with Crippen molar-refractivity contribution in [2.75, 3.05) is 13.2 Å². The molecule has 0 saturated carbocycles. The molecule has 0 heterocycles. The molecule has 6 nitrogen and oxygen atoms in total. The lowest BCUT2D eigenvalue weighted by Crippen LogP contribution is -2.30. The quantitative estimate of drug-likeness (QED) is 0.0261. The van der Waals surface area contributed by atoms with E-state index < -0.39 is 6.10 Å². The number of carbonyl (C=O) groups is 3. The first-order valence-corrected chi connectivity index (χ1v) is 30.9. The van der Waals surface area contributed by atoms with E-state index in [9.17, 15) is 14.4 Å². The van der Waals surface area contributed by atoms with Gasteiger partial charge in [-0.15, -0.1) is 0 Å². The zero-order chi connectivity index (χ0) is 52.2. The summed E-state index contributed by atoms with van der Waals surface area (Å²) < 4.78 is 16.9. The highest BCUT2D eigenvalue weighted by molar-refractivity contribution is 5.71. The van der Waals surface area contributed by atoms with Crippen molar-refractivity contribution in [3.63, 3.8) is 0 Å². The van der Waals surface area contributed by atoms with Crippen molar-refractivity contribution in [1.29, 1.82) is 0 Å². The summed E-state index contributed by atoms with van der Waals surface area (Å²) in [7, 11) is 0. The Hall–Kier alpha value is -3.15. The summed E-state index contributed by atoms with van der Waals surface area (Å²) in [5, 5.41) is 0. The SMILES string of the molecule is CC/C=C\C/C=C\C/C=C\C/C=C\CCCCCCCCCCCCCCCCCCC(=O)OCC(COC(=O)CCCCCCCCCCCCC)OC(=O)CCCCCCC/C=C\C/C=C\CCCC. The van der Waals surface area contributed by atoms with E-state index in [1.54, 1.807) is 0 Å². The molecule has 416 valence electrons. The second-order valence-corrected chi connectivity index (χ2v) is 20.6. The molecule has 72 heavy (non-hydrogen) atoms. The van der Waals surface area contributed by atoms with Crippen molar-refractivity contribution in [1.82, 2.24) is 0 Å². The number of hydrogen-bond acceptors (Lipinski definition) is 6. The Balaban J connectivity index is 4.16. The molecule has 0 fully saturated rings. The highest BCUT2D eigenvalue weighted by atomic mass is 16.6. The molecular weight excluding hydrogens is 889 g/mol. The fraction of sp³-hybridized carbons (Fsp3) is 0.773. The maximum absolute atomic E-state index is 12.8. The molecule has 0 aliphatic rings. The van der Waals surface area contributed by atoms with Crippen molar-refractivity contribution in [2.24, 2.45) is 0 Å². The molecule has 0 aromatic heterocycles. The van der Waals surface area contributed by atoms with Gasteiger partial charge >= 0.3 is 17.9 Å². The van der Waals surface area contributed by atoms with Crippen LogP contribution in [0.5, 0.6) is 0 Å². The summed E-state index contributed by atoms with van der Waals surface area (Å²) in [6.07, 6.45) is 77.7. The van der Waals surface area contributed by atoms with Crippen molar-refractivity contribution >= 4 is 17.9 Å². The molecule has 0 amide bonds. The third-order valence-electron chi connectivity index (χ3n) is 13.4. The number of ether oxygens (including phenoxy) is 3. The van der Waals surface area contributed by atoms with Crippen LogP contribution in [0, 0.1) is 0 Å². The monoisotopic (exact) mass is 1000 g/mol. The Morgan fingerprint density at radius 3 is 0.889 bits per heavy atom. The minimum Gasteiger partial charge on any atom is -0.462 e. The van der Waals surface area contributed by atoms with E-state index in [2.05, 4.69) is 93.7 Å². The summed E-state index contributed by atoms with van der Waals surface area (Å²) in [5.41, 5.74) is 0. The zero-order valence-corrected chi connectivity index (χ0v) is 47.7. The molecule has 0 aromatic carbocycles. The minimum absolute atomic E-state index is 0.0768. The van der Waals surface area contributed by atoms with E-state index in [0.29, 0.717) is 19.3 Å². The van der Waals surface area contributed by atoms with Crippen LogP contribution in [0.15, 0.2) is 72.9 Å². The molecule has 0 spiro atoms. The van der Waals surface area contributed by atoms with Gasteiger partial charge in [0, 0.05) is 19.3 Å². The van der Waals surface area contributed by atoms with Gasteiger partial charge in [-0.25, -0.2) is 0 Å². The Bertz CT molecular complexity index is 1340. The minimum atomic E-state index is -0.779. The highest BCUT2D eigenvalue weighted by Crippen LogP contribution is 2.17. The normalized spacial score (nSPS) is 12.5. The van der Waals surface area contributed by atoms with Crippen LogP contribution in [0.25, 0.3) is 0 Å². The Morgan fingerprint density at radius 1 is 0.292 bits per heavy atom. The van der Waals surface area contributed by atoms with E-state index in [1.807, 2.05) is 0 Å². The molecule has 0 aliphatic heterocycles. The topological polar surface area (TPSA) is 78.9 Å². The Kier molecular flexibility index (Phi) is 57.8. The second kappa shape index (κ2) is 60.4. The lowest BCUT2D eigenvalue weighted by atomic mass is 10.0. The van der Waals surface area contributed by atoms with Crippen molar-refractivity contribution in [3.8, 4) is 0 Å². The molecule has 0 aliphatic carbocycles. The van der Waals surface area contributed by atoms with Gasteiger partial charge in [0.05, 0.1) is 0 Å². The molecule has 0 rings (SSSR count). The predicted molar refractivity (Wildman–Crippen MR) is 311 cm³/mol. The Labute approximate surface area is 446 Å². The molecule has 1 unspecified atom stereocenters. The van der Waals surface area contributed by atoms with E-state index in [1.165, 1.54) is 161 Å². The van der Waals surface area contributed by atoms with Crippen LogP contribution < -0.4 is 0 Å². The van der Waals surface area contributed by atoms with Gasteiger partial charge < -0.3 is 14.2 Å². The van der Waals surface area contributed by atoms with Gasteiger partial charge in [0.15, 0.2) is 6.10 Å². The molecule has 1 atom stereocenters. The lowest BCUT2D eigenvalue weighted by Gasteiger charge is -2.18. The average molecular weight is 1010 g/mol. The number of allylic oxidation sites excluding steroid dienone is 12. The van der Waals surface area contributed by atoms with E-state index in [-0.39, 0.29) is 31.1 Å². The number of rotatable bonds is 56. The molecule has 0 radical (unpaired) electrons. The van der Waals surface area contributed by atoms with Crippen LogP contribution in [0.4, 0.5) is 0 Å². The van der Waals surface area contributed by atoms with Gasteiger partial charge in [0.1, 0.15) is 13.2 Å². The van der Waals surface area contributed by atoms with E-state index in [0.717, 1.165) is 109 Å². The highest BCUT2D eigenvalue weighted by Gasteiger charge is 2.19. The fourth-order valence-corrected chi connectivity index (χ4v) is 8.81. The second-order valence-electron chi connectivity index (χ2n) is 20.6. The molecule has 6 heteroatoms. The third kappa shape index (κ3) is 57.7. The van der Waals surface area contributed by atoms with E-state index >= 15 is 0 Å². The standard InChI is InChI=1S/C66H116O6/c1-4-7-10-13-16-19-22-24-26-27-28-29-30-31-32-33-34-35-36-37-38-39-40-42-44-47-50-53-56-59-65(68)71-62-63(61-70-64(67)58-55-52-49-46-43-21-18-15-12-9-6-3)72-66(69)60-57-54-51-48-45-41-25-23-20-17-14-11-8-5-2/h7,10,14,16-17,19,23-26,28-29,63H,4-6,8-9,11-13,15,18,20-22,27,30-62H2,1-3H3/b10-7-,17-14-,19-16-,25-23-,26-24-,29-28-. The number of hydrogen-bond donors (Lipinski definition) is 0. The van der Waals surface area contributed by atoms with Crippen LogP contribution in [0.1, 0.15) is 310 Å². The Morgan fingerprint density at radius 2 is 0.556 bits per heavy atom. The van der Waals surface area contributed by atoms with Crippen molar-refractivity contribution < 1.29 is 28.6 Å². The molecule has 0 aromatic rings. The largest absolute Gasteiger partial charge is 0.462 e. The summed E-state index contributed by atoms with van der Waals surface area (Å²) in [6, 6.07) is 0. The van der Waals surface area contributed by atoms with Crippen LogP contribution >= 0.6 is 0 Å². The lowest BCUT2D eigenvalue weighted by molar-refractivity contribution is -0.167. The van der Waals surface area contributed by atoms with Crippen LogP contribution in [0.3, 0.4) is 0 Å². The van der Waals surface area contributed by atoms with Crippen molar-refractivity contribution in [3.05, 3.63) is 72.9 Å². The summed E-state index contributed by atoms with van der Waals surface area (Å²) in [5.74, 6) is -0.879. The van der Waals surface area contributed by atoms with Crippen LogP contribution in [0.2, 0.25) is 0 Å². The first-order chi connectivity index (χ1) is 35.5. The molecule has 0 N–H and O–H groups in total. The van der Waals surface area contributed by atoms with Gasteiger partial charge in [0.25, 0.3) is 0 Å². The van der Waals surface area contributed by atoms with Crippen LogP contribution in [-0.2, 0) is 28.6 Å². The first-order valence-electron chi connectivity index (χ1n) is 30.9. The number of esters is 3. The molecule has 0 bridgehead atoms. The maximum atomic E-state index is 12.8. The van der Waals surface area contributed by atoms with Gasteiger partial charge in [-0.2, -0.15) is 0 Å². The number of unbranched alkanes of at least 4 members (excludes halogenated alkanes) is 33. The maximum Gasteiger partial charge on any atom is 0.306 e.